The maximum Gasteiger partial charge on any atom is 0.310 e. The topological polar surface area (TPSA) is 58.6 Å². The second kappa shape index (κ2) is 7.03. The molecule has 0 radical (unpaired) electrons. The zero-order chi connectivity index (χ0) is 13.7. The highest BCUT2D eigenvalue weighted by Crippen LogP contribution is 2.21. The molecule has 1 aliphatic rings. The van der Waals surface area contributed by atoms with Gasteiger partial charge in [-0.15, -0.1) is 11.3 Å². The summed E-state index contributed by atoms with van der Waals surface area (Å²) in [7, 11) is 1.41. The summed E-state index contributed by atoms with van der Waals surface area (Å²) in [5.41, 5.74) is 0. The Morgan fingerprint density at radius 1 is 1.37 bits per heavy atom. The van der Waals surface area contributed by atoms with Crippen LogP contribution in [0.1, 0.15) is 35.4 Å². The lowest BCUT2D eigenvalue weighted by Crippen LogP contribution is -2.33. The Balaban J connectivity index is 1.75. The molecule has 1 saturated carbocycles. The fraction of sp³-hybridized carbons (Fsp3) is 0.643. The number of esters is 1. The number of hydrogen-bond acceptors (Lipinski definition) is 5. The average Bonchev–Trinajstić information content (AvgIpc) is 2.85. The Labute approximate surface area is 117 Å². The molecule has 1 aliphatic carbocycles. The quantitative estimate of drug-likeness (QED) is 0.810. The lowest BCUT2D eigenvalue weighted by atomic mass is 9.93. The average molecular weight is 283 g/mol. The van der Waals surface area contributed by atoms with Gasteiger partial charge in [0.2, 0.25) is 0 Å². The maximum absolute atomic E-state index is 11.2. The molecule has 0 saturated heterocycles. The number of ether oxygens (including phenoxy) is 1. The third kappa shape index (κ3) is 4.60. The Morgan fingerprint density at radius 2 is 2.05 bits per heavy atom. The minimum Gasteiger partial charge on any atom is -0.469 e. The van der Waals surface area contributed by atoms with Crippen LogP contribution >= 0.6 is 11.3 Å². The van der Waals surface area contributed by atoms with E-state index in [1.54, 1.807) is 11.3 Å². The van der Waals surface area contributed by atoms with Gasteiger partial charge in [-0.3, -0.25) is 4.79 Å². The molecule has 0 aliphatic heterocycles. The van der Waals surface area contributed by atoms with Crippen LogP contribution in [-0.2, 0) is 22.5 Å². The summed E-state index contributed by atoms with van der Waals surface area (Å²) in [4.78, 5) is 13.5. The summed E-state index contributed by atoms with van der Waals surface area (Å²) in [5, 5.41) is 13.0. The van der Waals surface area contributed by atoms with E-state index < -0.39 is 0 Å². The molecule has 0 atom stereocenters. The molecule has 0 unspecified atom stereocenters. The lowest BCUT2D eigenvalue weighted by Gasteiger charge is -2.26. The van der Waals surface area contributed by atoms with Gasteiger partial charge in [-0.2, -0.15) is 0 Å². The number of aliphatic hydroxyl groups excluding tert-OH is 1. The Hall–Kier alpha value is -0.910. The normalized spacial score (nSPS) is 23.3. The van der Waals surface area contributed by atoms with Gasteiger partial charge in [-0.05, 0) is 37.8 Å². The molecule has 106 valence electrons. The number of rotatable bonds is 5. The SMILES string of the molecule is COC(=O)Cc1ccc(CNC2CCC(O)CC2)s1. The van der Waals surface area contributed by atoms with Crippen LogP contribution < -0.4 is 5.32 Å². The molecular weight excluding hydrogens is 262 g/mol. The van der Waals surface area contributed by atoms with Crippen LogP contribution in [0.5, 0.6) is 0 Å². The minimum atomic E-state index is -0.192. The van der Waals surface area contributed by atoms with Gasteiger partial charge in [-0.1, -0.05) is 0 Å². The Morgan fingerprint density at radius 3 is 2.74 bits per heavy atom. The fourth-order valence-corrected chi connectivity index (χ4v) is 3.31. The minimum absolute atomic E-state index is 0.105. The van der Waals surface area contributed by atoms with E-state index in [-0.39, 0.29) is 12.1 Å². The van der Waals surface area contributed by atoms with E-state index in [4.69, 9.17) is 0 Å². The van der Waals surface area contributed by atoms with Gasteiger partial charge < -0.3 is 15.2 Å². The standard InChI is InChI=1S/C14H21NO3S/c1-18-14(17)8-12-6-7-13(19-12)9-15-10-2-4-11(16)5-3-10/h6-7,10-11,15-16H,2-5,8-9H2,1H3. The molecule has 1 aromatic rings. The molecule has 2 rings (SSSR count). The first-order chi connectivity index (χ1) is 9.17. The van der Waals surface area contributed by atoms with Gasteiger partial charge in [0.1, 0.15) is 0 Å². The van der Waals surface area contributed by atoms with Crippen molar-refractivity contribution in [1.29, 1.82) is 0 Å². The van der Waals surface area contributed by atoms with Crippen LogP contribution in [0.4, 0.5) is 0 Å². The highest BCUT2D eigenvalue weighted by molar-refractivity contribution is 7.12. The summed E-state index contributed by atoms with van der Waals surface area (Å²) in [5.74, 6) is -0.192. The molecule has 19 heavy (non-hydrogen) atoms. The van der Waals surface area contributed by atoms with E-state index in [0.29, 0.717) is 12.5 Å². The zero-order valence-corrected chi connectivity index (χ0v) is 12.0. The van der Waals surface area contributed by atoms with Crippen molar-refractivity contribution in [3.63, 3.8) is 0 Å². The third-order valence-electron chi connectivity index (χ3n) is 3.53. The molecule has 0 spiro atoms. The first-order valence-electron chi connectivity index (χ1n) is 6.73. The Bertz CT molecular complexity index is 411. The number of methoxy groups -OCH3 is 1. The molecule has 4 nitrogen and oxygen atoms in total. The molecule has 0 aromatic carbocycles. The van der Waals surface area contributed by atoms with Crippen molar-refractivity contribution in [2.24, 2.45) is 0 Å². The van der Waals surface area contributed by atoms with Crippen molar-refractivity contribution in [2.45, 2.75) is 50.8 Å². The van der Waals surface area contributed by atoms with Crippen molar-refractivity contribution in [2.75, 3.05) is 7.11 Å². The summed E-state index contributed by atoms with van der Waals surface area (Å²) in [6.45, 7) is 0.840. The maximum atomic E-state index is 11.2. The first-order valence-corrected chi connectivity index (χ1v) is 7.55. The number of aliphatic hydroxyl groups is 1. The highest BCUT2D eigenvalue weighted by Gasteiger charge is 2.18. The number of carbonyl (C=O) groups excluding carboxylic acids is 1. The molecule has 1 heterocycles. The predicted octanol–water partition coefficient (Wildman–Crippen LogP) is 1.86. The van der Waals surface area contributed by atoms with Crippen LogP contribution in [0.15, 0.2) is 12.1 Å². The van der Waals surface area contributed by atoms with Crippen LogP contribution in [0, 0.1) is 0 Å². The van der Waals surface area contributed by atoms with E-state index in [0.717, 1.165) is 37.1 Å². The van der Waals surface area contributed by atoms with E-state index in [1.807, 2.05) is 6.07 Å². The summed E-state index contributed by atoms with van der Waals surface area (Å²) < 4.78 is 4.66. The van der Waals surface area contributed by atoms with Gasteiger partial charge in [-0.25, -0.2) is 0 Å². The predicted molar refractivity (Wildman–Crippen MR) is 75.1 cm³/mol. The number of hydrogen-bond donors (Lipinski definition) is 2. The molecule has 5 heteroatoms. The number of thiophene rings is 1. The molecule has 1 fully saturated rings. The van der Waals surface area contributed by atoms with E-state index in [9.17, 15) is 9.90 Å². The summed E-state index contributed by atoms with van der Waals surface area (Å²) in [6, 6.07) is 4.56. The second-order valence-electron chi connectivity index (χ2n) is 5.01. The number of carbonyl (C=O) groups is 1. The molecular formula is C14H21NO3S. The Kier molecular flexibility index (Phi) is 5.36. The van der Waals surface area contributed by atoms with E-state index >= 15 is 0 Å². The summed E-state index contributed by atoms with van der Waals surface area (Å²) in [6.07, 6.45) is 4.14. The first kappa shape index (κ1) is 14.5. The van der Waals surface area contributed by atoms with E-state index in [1.165, 1.54) is 12.0 Å². The van der Waals surface area contributed by atoms with Crippen molar-refractivity contribution in [3.05, 3.63) is 21.9 Å². The largest absolute Gasteiger partial charge is 0.469 e. The van der Waals surface area contributed by atoms with Gasteiger partial charge >= 0.3 is 5.97 Å². The zero-order valence-electron chi connectivity index (χ0n) is 11.2. The highest BCUT2D eigenvalue weighted by atomic mass is 32.1. The van der Waals surface area contributed by atoms with Crippen LogP contribution in [0.25, 0.3) is 0 Å². The second-order valence-corrected chi connectivity index (χ2v) is 6.26. The monoisotopic (exact) mass is 283 g/mol. The smallest absolute Gasteiger partial charge is 0.310 e. The summed E-state index contributed by atoms with van der Waals surface area (Å²) >= 11 is 1.65. The fourth-order valence-electron chi connectivity index (χ4n) is 2.35. The molecule has 1 aromatic heterocycles. The van der Waals surface area contributed by atoms with Gasteiger partial charge in [0.15, 0.2) is 0 Å². The van der Waals surface area contributed by atoms with E-state index in [2.05, 4.69) is 16.1 Å². The molecule has 0 bridgehead atoms. The van der Waals surface area contributed by atoms with Gasteiger partial charge in [0.25, 0.3) is 0 Å². The van der Waals surface area contributed by atoms with Crippen LogP contribution in [-0.4, -0.2) is 30.3 Å². The van der Waals surface area contributed by atoms with Crippen molar-refractivity contribution < 1.29 is 14.6 Å². The van der Waals surface area contributed by atoms with Crippen molar-refractivity contribution in [3.8, 4) is 0 Å². The van der Waals surface area contributed by atoms with Crippen LogP contribution in [0.3, 0.4) is 0 Å². The lowest BCUT2D eigenvalue weighted by molar-refractivity contribution is -0.139. The molecule has 0 amide bonds. The molecule has 2 N–H and O–H groups in total. The van der Waals surface area contributed by atoms with Gasteiger partial charge in [0, 0.05) is 22.3 Å². The van der Waals surface area contributed by atoms with Crippen LogP contribution in [0.2, 0.25) is 0 Å². The van der Waals surface area contributed by atoms with Crippen molar-refractivity contribution in [1.82, 2.24) is 5.32 Å². The van der Waals surface area contributed by atoms with Gasteiger partial charge in [0.05, 0.1) is 19.6 Å². The van der Waals surface area contributed by atoms with Crippen molar-refractivity contribution >= 4 is 17.3 Å². The number of nitrogens with one attached hydrogen (secondary N) is 1. The third-order valence-corrected chi connectivity index (χ3v) is 4.61.